The Bertz CT molecular complexity index is 751. The number of terminal acetylenes is 1. The second-order valence-corrected chi connectivity index (χ2v) is 9.61. The van der Waals surface area contributed by atoms with Gasteiger partial charge in [-0.25, -0.2) is 4.63 Å². The molecule has 0 bridgehead atoms. The van der Waals surface area contributed by atoms with E-state index in [0.29, 0.717) is 23.7 Å². The third-order valence-corrected chi connectivity index (χ3v) is 9.08. The smallest absolute Gasteiger partial charge is 0.130 e. The van der Waals surface area contributed by atoms with E-state index in [1.165, 1.54) is 25.7 Å². The molecule has 0 amide bonds. The van der Waals surface area contributed by atoms with E-state index < -0.39 is 5.60 Å². The average molecular weight is 340 g/mol. The molecule has 3 saturated carbocycles. The molecule has 4 aliphatic rings. The largest absolute Gasteiger partial charge is 0.377 e. The zero-order chi connectivity index (χ0) is 17.4. The maximum Gasteiger partial charge on any atom is 0.130 e. The van der Waals surface area contributed by atoms with Crippen LogP contribution in [-0.4, -0.2) is 21.0 Å². The molecule has 1 heterocycles. The minimum Gasteiger partial charge on any atom is -0.377 e. The Morgan fingerprint density at radius 1 is 1.08 bits per heavy atom. The zero-order valence-corrected chi connectivity index (χ0v) is 15.3. The van der Waals surface area contributed by atoms with Crippen LogP contribution in [0.4, 0.5) is 0 Å². The van der Waals surface area contributed by atoms with Gasteiger partial charge in [0.25, 0.3) is 0 Å². The molecule has 1 N–H and O–H groups in total. The first kappa shape index (κ1) is 15.9. The van der Waals surface area contributed by atoms with Crippen molar-refractivity contribution in [1.82, 2.24) is 10.3 Å². The molecule has 0 aromatic carbocycles. The molecular formula is C21H28N2O2. The highest BCUT2D eigenvalue weighted by molar-refractivity contribution is 5.27. The number of aromatic nitrogens is 2. The molecule has 134 valence electrons. The first-order chi connectivity index (χ1) is 11.9. The van der Waals surface area contributed by atoms with Gasteiger partial charge in [-0.3, -0.25) is 0 Å². The van der Waals surface area contributed by atoms with Gasteiger partial charge in [-0.1, -0.05) is 30.1 Å². The van der Waals surface area contributed by atoms with Crippen molar-refractivity contribution in [2.24, 2.45) is 28.6 Å². The van der Waals surface area contributed by atoms with Gasteiger partial charge in [0.2, 0.25) is 0 Å². The van der Waals surface area contributed by atoms with Gasteiger partial charge in [0.15, 0.2) is 0 Å². The van der Waals surface area contributed by atoms with E-state index in [2.05, 4.69) is 30.1 Å². The molecule has 3 fully saturated rings. The van der Waals surface area contributed by atoms with Crippen LogP contribution in [-0.2, 0) is 6.42 Å². The van der Waals surface area contributed by atoms with Crippen molar-refractivity contribution in [3.8, 4) is 12.3 Å². The zero-order valence-electron chi connectivity index (χ0n) is 15.3. The number of hydrogen-bond acceptors (Lipinski definition) is 4. The molecule has 0 radical (unpaired) electrons. The van der Waals surface area contributed by atoms with Gasteiger partial charge in [0, 0.05) is 11.3 Å². The Labute approximate surface area is 149 Å². The van der Waals surface area contributed by atoms with Gasteiger partial charge < -0.3 is 5.11 Å². The summed E-state index contributed by atoms with van der Waals surface area (Å²) in [5.41, 5.74) is 1.49. The van der Waals surface area contributed by atoms with E-state index in [-0.39, 0.29) is 10.8 Å². The highest BCUT2D eigenvalue weighted by Crippen LogP contribution is 2.68. The predicted molar refractivity (Wildman–Crippen MR) is 93.5 cm³/mol. The van der Waals surface area contributed by atoms with Crippen molar-refractivity contribution >= 4 is 0 Å². The Morgan fingerprint density at radius 3 is 2.68 bits per heavy atom. The quantitative estimate of drug-likeness (QED) is 0.732. The number of aryl methyl sites for hydroxylation is 1. The summed E-state index contributed by atoms with van der Waals surface area (Å²) in [6.07, 6.45) is 14.4. The lowest BCUT2D eigenvalue weighted by Crippen LogP contribution is -2.55. The second-order valence-electron chi connectivity index (χ2n) is 9.61. The summed E-state index contributed by atoms with van der Waals surface area (Å²) in [7, 11) is 0. The van der Waals surface area contributed by atoms with Crippen molar-refractivity contribution < 1.29 is 9.74 Å². The molecule has 5 rings (SSSR count). The van der Waals surface area contributed by atoms with Crippen molar-refractivity contribution in [2.75, 3.05) is 0 Å². The highest BCUT2D eigenvalue weighted by atomic mass is 16.6. The first-order valence-electron chi connectivity index (χ1n) is 9.94. The molecule has 0 spiro atoms. The number of hydrogen-bond donors (Lipinski definition) is 1. The first-order valence-corrected chi connectivity index (χ1v) is 9.94. The third-order valence-electron chi connectivity index (χ3n) is 9.08. The fraction of sp³-hybridized carbons (Fsp3) is 0.810. The highest BCUT2D eigenvalue weighted by Gasteiger charge is 2.64. The summed E-state index contributed by atoms with van der Waals surface area (Å²) >= 11 is 0. The van der Waals surface area contributed by atoms with Gasteiger partial charge in [-0.05, 0) is 74.5 Å². The molecule has 4 aliphatic carbocycles. The lowest BCUT2D eigenvalue weighted by Gasteiger charge is -2.60. The minimum atomic E-state index is -0.907. The monoisotopic (exact) mass is 340 g/mol. The van der Waals surface area contributed by atoms with Gasteiger partial charge in [0.05, 0.1) is 0 Å². The fourth-order valence-electron chi connectivity index (χ4n) is 7.56. The summed E-state index contributed by atoms with van der Waals surface area (Å²) in [5.74, 6) is 5.21. The number of fused-ring (bicyclic) bond motifs is 7. The van der Waals surface area contributed by atoms with Gasteiger partial charge in [0.1, 0.15) is 17.0 Å². The molecule has 0 saturated heterocycles. The number of nitrogens with zero attached hydrogens (tertiary/aromatic N) is 2. The van der Waals surface area contributed by atoms with E-state index in [9.17, 15) is 5.11 Å². The van der Waals surface area contributed by atoms with Crippen LogP contribution in [0, 0.1) is 40.9 Å². The lowest BCUT2D eigenvalue weighted by molar-refractivity contribution is -0.118. The van der Waals surface area contributed by atoms with E-state index in [1.807, 2.05) is 0 Å². The molecule has 0 aliphatic heterocycles. The van der Waals surface area contributed by atoms with Crippen molar-refractivity contribution in [1.29, 1.82) is 0 Å². The minimum absolute atomic E-state index is 0.110. The van der Waals surface area contributed by atoms with Crippen molar-refractivity contribution in [3.05, 3.63) is 11.4 Å². The molecule has 1 aromatic rings. The van der Waals surface area contributed by atoms with Crippen LogP contribution in [0.3, 0.4) is 0 Å². The molecule has 4 nitrogen and oxygen atoms in total. The summed E-state index contributed by atoms with van der Waals surface area (Å²) < 4.78 is 5.07. The molecule has 0 unspecified atom stereocenters. The normalized spacial score (nSPS) is 51.0. The second kappa shape index (κ2) is 4.88. The van der Waals surface area contributed by atoms with Crippen LogP contribution < -0.4 is 0 Å². The van der Waals surface area contributed by atoms with Gasteiger partial charge in [-0.2, -0.15) is 0 Å². The number of aliphatic hydroxyl groups is 1. The molecule has 25 heavy (non-hydrogen) atoms. The van der Waals surface area contributed by atoms with Crippen LogP contribution in [0.1, 0.15) is 76.1 Å². The van der Waals surface area contributed by atoms with Crippen LogP contribution in [0.25, 0.3) is 0 Å². The van der Waals surface area contributed by atoms with Crippen LogP contribution in [0.5, 0.6) is 0 Å². The number of rotatable bonds is 0. The van der Waals surface area contributed by atoms with Crippen LogP contribution in [0.15, 0.2) is 4.63 Å². The standard InChI is InChI=1S/C21H28N2O2/c1-4-21(24)12-8-15-13-5-6-16-18-17(22-25-23-18)9-10-19(16,2)14(13)7-11-20(15,21)3/h1,13-16,24H,5-12H2,2-3H3/t13-,14+,15+,16+,19-,20+,21+/m1/s1. The molecular weight excluding hydrogens is 312 g/mol. The topological polar surface area (TPSA) is 59.2 Å². The summed E-state index contributed by atoms with van der Waals surface area (Å²) in [6, 6.07) is 0. The Morgan fingerprint density at radius 2 is 1.88 bits per heavy atom. The van der Waals surface area contributed by atoms with Crippen molar-refractivity contribution in [2.45, 2.75) is 76.7 Å². The lowest BCUT2D eigenvalue weighted by atomic mass is 9.44. The van der Waals surface area contributed by atoms with Gasteiger partial charge >= 0.3 is 0 Å². The van der Waals surface area contributed by atoms with Crippen LogP contribution in [0.2, 0.25) is 0 Å². The van der Waals surface area contributed by atoms with Crippen LogP contribution >= 0.6 is 0 Å². The summed E-state index contributed by atoms with van der Waals surface area (Å²) in [6.45, 7) is 4.74. The van der Waals surface area contributed by atoms with E-state index in [0.717, 1.165) is 37.1 Å². The Hall–Kier alpha value is -1.34. The fourth-order valence-corrected chi connectivity index (χ4v) is 7.56. The predicted octanol–water partition coefficient (Wildman–Crippen LogP) is 3.71. The summed E-state index contributed by atoms with van der Waals surface area (Å²) in [5, 5.41) is 19.5. The maximum absolute atomic E-state index is 11.1. The van der Waals surface area contributed by atoms with E-state index in [1.54, 1.807) is 0 Å². The van der Waals surface area contributed by atoms with Gasteiger partial charge in [-0.15, -0.1) is 6.42 Å². The Balaban J connectivity index is 1.51. The van der Waals surface area contributed by atoms with E-state index in [4.69, 9.17) is 11.1 Å². The molecule has 7 atom stereocenters. The van der Waals surface area contributed by atoms with Crippen molar-refractivity contribution in [3.63, 3.8) is 0 Å². The maximum atomic E-state index is 11.1. The molecule has 4 heteroatoms. The molecule has 1 aromatic heterocycles. The third kappa shape index (κ3) is 1.78. The average Bonchev–Trinajstić information content (AvgIpc) is 3.18. The summed E-state index contributed by atoms with van der Waals surface area (Å²) in [4.78, 5) is 0. The van der Waals surface area contributed by atoms with E-state index >= 15 is 0 Å². The SMILES string of the molecule is C#C[C@]1(O)CC[C@H]2[C@@H]3CC[C@H]4c5nonc5CC[C@]4(C)[C@H]3CC[C@@]21C. The Kier molecular flexibility index (Phi) is 3.10.